The van der Waals surface area contributed by atoms with Crippen molar-refractivity contribution in [3.63, 3.8) is 0 Å². The second-order valence-corrected chi connectivity index (χ2v) is 5.01. The molecule has 0 aliphatic rings. The summed E-state index contributed by atoms with van der Waals surface area (Å²) >= 11 is 2.52. The van der Waals surface area contributed by atoms with E-state index in [0.717, 1.165) is 5.75 Å². The topological polar surface area (TPSA) is 9.23 Å². The van der Waals surface area contributed by atoms with E-state index < -0.39 is 13.9 Å². The fourth-order valence-electron chi connectivity index (χ4n) is 0.580. The molecular formula is C6H7BrGeO. The third-order valence-corrected chi connectivity index (χ3v) is 3.08. The van der Waals surface area contributed by atoms with E-state index in [1.807, 2.05) is 30.3 Å². The Morgan fingerprint density at radius 2 is 1.89 bits per heavy atom. The molecule has 0 unspecified atom stereocenters. The molecule has 0 amide bonds. The average Bonchev–Trinajstić information content (AvgIpc) is 1.91. The molecule has 0 bridgehead atoms. The molecule has 0 aliphatic carbocycles. The van der Waals surface area contributed by atoms with Crippen molar-refractivity contribution >= 4 is 27.9 Å². The summed E-state index contributed by atoms with van der Waals surface area (Å²) in [6, 6.07) is 9.85. The summed E-state index contributed by atoms with van der Waals surface area (Å²) < 4.78 is 5.31. The zero-order valence-corrected chi connectivity index (χ0v) is 9.43. The van der Waals surface area contributed by atoms with Gasteiger partial charge in [-0.3, -0.25) is 0 Å². The second-order valence-electron chi connectivity index (χ2n) is 1.57. The van der Waals surface area contributed by atoms with Crippen LogP contribution in [0.4, 0.5) is 0 Å². The van der Waals surface area contributed by atoms with Crippen molar-refractivity contribution in [2.24, 2.45) is 0 Å². The Morgan fingerprint density at radius 3 is 2.44 bits per heavy atom. The van der Waals surface area contributed by atoms with E-state index in [1.165, 1.54) is 0 Å². The summed E-state index contributed by atoms with van der Waals surface area (Å²) in [5.74, 6) is 0.981. The fourth-order valence-corrected chi connectivity index (χ4v) is 2.62. The molecule has 3 heteroatoms. The number of benzene rings is 1. The Bertz CT molecular complexity index is 166. The predicted molar refractivity (Wildman–Crippen MR) is 44.5 cm³/mol. The van der Waals surface area contributed by atoms with E-state index in [4.69, 9.17) is 3.76 Å². The van der Waals surface area contributed by atoms with Crippen molar-refractivity contribution in [2.45, 2.75) is 0 Å². The zero-order valence-electron chi connectivity index (χ0n) is 4.88. The van der Waals surface area contributed by atoms with Crippen molar-refractivity contribution in [3.05, 3.63) is 30.3 Å². The van der Waals surface area contributed by atoms with Crippen molar-refractivity contribution in [1.82, 2.24) is 0 Å². The number of halogens is 1. The molecule has 9 heavy (non-hydrogen) atoms. The molecule has 0 N–H and O–H groups in total. The number of rotatable bonds is 2. The summed E-state index contributed by atoms with van der Waals surface area (Å²) in [4.78, 5) is 0. The Balaban J connectivity index is 2.61. The maximum absolute atomic E-state index is 5.31. The van der Waals surface area contributed by atoms with Gasteiger partial charge in [0.25, 0.3) is 0 Å². The van der Waals surface area contributed by atoms with Crippen LogP contribution in [0.5, 0.6) is 5.75 Å². The van der Waals surface area contributed by atoms with E-state index >= 15 is 0 Å². The van der Waals surface area contributed by atoms with Gasteiger partial charge in [-0.15, -0.1) is 0 Å². The van der Waals surface area contributed by atoms with Gasteiger partial charge in [0.1, 0.15) is 0 Å². The van der Waals surface area contributed by atoms with Crippen molar-refractivity contribution in [3.8, 4) is 5.75 Å². The average molecular weight is 248 g/mol. The summed E-state index contributed by atoms with van der Waals surface area (Å²) in [5, 5.41) is 0. The quantitative estimate of drug-likeness (QED) is 0.719. The van der Waals surface area contributed by atoms with Gasteiger partial charge in [0.05, 0.1) is 0 Å². The van der Waals surface area contributed by atoms with Crippen LogP contribution < -0.4 is 3.76 Å². The minimum absolute atomic E-state index is 0.830. The molecule has 0 atom stereocenters. The number of hydrogen-bond acceptors (Lipinski definition) is 1. The molecule has 48 valence electrons. The van der Waals surface area contributed by atoms with E-state index in [1.54, 1.807) is 0 Å². The Hall–Kier alpha value is 0.0429. The maximum atomic E-state index is 5.31. The number of para-hydroxylation sites is 1. The summed E-state index contributed by atoms with van der Waals surface area (Å²) in [6.45, 7) is 0. The van der Waals surface area contributed by atoms with E-state index in [2.05, 4.69) is 14.0 Å². The molecule has 1 nitrogen and oxygen atoms in total. The van der Waals surface area contributed by atoms with Crippen molar-refractivity contribution in [1.29, 1.82) is 0 Å². The molecule has 0 saturated heterocycles. The second kappa shape index (κ2) is 3.96. The Morgan fingerprint density at radius 1 is 1.22 bits per heavy atom. The van der Waals surface area contributed by atoms with Gasteiger partial charge in [0.2, 0.25) is 0 Å². The molecule has 0 heterocycles. The molecule has 1 aromatic carbocycles. The molecule has 0 spiro atoms. The van der Waals surface area contributed by atoms with Crippen LogP contribution in [0.2, 0.25) is 0 Å². The molecule has 1 rings (SSSR count). The normalized spacial score (nSPS) is 10.3. The Kier molecular flexibility index (Phi) is 3.14. The van der Waals surface area contributed by atoms with Crippen LogP contribution in [0.15, 0.2) is 30.3 Å². The van der Waals surface area contributed by atoms with Gasteiger partial charge in [-0.2, -0.15) is 0 Å². The van der Waals surface area contributed by atoms with Crippen molar-refractivity contribution < 1.29 is 3.76 Å². The van der Waals surface area contributed by atoms with E-state index in [-0.39, 0.29) is 0 Å². The van der Waals surface area contributed by atoms with E-state index in [9.17, 15) is 0 Å². The van der Waals surface area contributed by atoms with Crippen LogP contribution in [0.3, 0.4) is 0 Å². The fraction of sp³-hybridized carbons (Fsp3) is 0. The molecular weight excluding hydrogens is 241 g/mol. The van der Waals surface area contributed by atoms with Crippen LogP contribution in [-0.2, 0) is 0 Å². The zero-order chi connectivity index (χ0) is 6.53. The van der Waals surface area contributed by atoms with Gasteiger partial charge in [-0.1, -0.05) is 0 Å². The first-order valence-electron chi connectivity index (χ1n) is 2.67. The minimum atomic E-state index is -0.830. The first-order chi connectivity index (χ1) is 4.43. The van der Waals surface area contributed by atoms with Gasteiger partial charge in [0.15, 0.2) is 0 Å². The van der Waals surface area contributed by atoms with Crippen LogP contribution in [0.1, 0.15) is 0 Å². The molecule has 0 aromatic heterocycles. The molecule has 0 aliphatic heterocycles. The SMILES string of the molecule is [Br][GeH2][O]c1ccccc1. The third kappa shape index (κ3) is 2.41. The van der Waals surface area contributed by atoms with Gasteiger partial charge < -0.3 is 0 Å². The molecule has 1 aromatic rings. The molecule has 0 saturated carbocycles. The van der Waals surface area contributed by atoms with Crippen LogP contribution in [0.25, 0.3) is 0 Å². The summed E-state index contributed by atoms with van der Waals surface area (Å²) in [5.41, 5.74) is 0. The third-order valence-electron chi connectivity index (χ3n) is 0.964. The van der Waals surface area contributed by atoms with Gasteiger partial charge in [-0.25, -0.2) is 0 Å². The van der Waals surface area contributed by atoms with Crippen LogP contribution in [-0.4, -0.2) is 13.9 Å². The van der Waals surface area contributed by atoms with Crippen LogP contribution >= 0.6 is 14.0 Å². The Labute approximate surface area is 67.8 Å². The summed E-state index contributed by atoms with van der Waals surface area (Å²) in [6.07, 6.45) is 0. The van der Waals surface area contributed by atoms with E-state index in [0.29, 0.717) is 0 Å². The first-order valence-corrected chi connectivity index (χ1v) is 10.8. The summed E-state index contributed by atoms with van der Waals surface area (Å²) in [7, 11) is 0. The van der Waals surface area contributed by atoms with Crippen molar-refractivity contribution in [2.75, 3.05) is 0 Å². The van der Waals surface area contributed by atoms with Crippen LogP contribution in [0, 0.1) is 0 Å². The van der Waals surface area contributed by atoms with Gasteiger partial charge >= 0.3 is 67.8 Å². The standard InChI is InChI=1S/C6H7BrGeO/c7-8-9-6-4-2-1-3-5-6/h1-5H,8H2. The van der Waals surface area contributed by atoms with Gasteiger partial charge in [0, 0.05) is 0 Å². The molecule has 0 fully saturated rings. The predicted octanol–water partition coefficient (Wildman–Crippen LogP) is 1.46. The van der Waals surface area contributed by atoms with Gasteiger partial charge in [-0.05, 0) is 0 Å². The monoisotopic (exact) mass is 248 g/mol. The number of hydrogen-bond donors (Lipinski definition) is 0. The molecule has 0 radical (unpaired) electrons. The first kappa shape index (κ1) is 7.15.